The van der Waals surface area contributed by atoms with Crippen molar-refractivity contribution >= 4 is 33.3 Å². The average molecular weight is 471 g/mol. The molecule has 0 aromatic heterocycles. The first-order valence-electron chi connectivity index (χ1n) is 9.72. The van der Waals surface area contributed by atoms with Crippen molar-refractivity contribution in [1.29, 1.82) is 0 Å². The van der Waals surface area contributed by atoms with E-state index in [9.17, 15) is 18.0 Å². The summed E-state index contributed by atoms with van der Waals surface area (Å²) in [5.41, 5.74) is 1.21. The number of hydrogen-bond donors (Lipinski definition) is 3. The van der Waals surface area contributed by atoms with Crippen LogP contribution in [0.2, 0.25) is 0 Å². The summed E-state index contributed by atoms with van der Waals surface area (Å²) >= 11 is 0. The van der Waals surface area contributed by atoms with Crippen LogP contribution >= 0.6 is 0 Å². The van der Waals surface area contributed by atoms with Crippen molar-refractivity contribution in [3.8, 4) is 11.5 Å². The van der Waals surface area contributed by atoms with E-state index in [1.807, 2.05) is 0 Å². The van der Waals surface area contributed by atoms with Crippen molar-refractivity contribution in [3.05, 3.63) is 77.9 Å². The van der Waals surface area contributed by atoms with Gasteiger partial charge in [-0.1, -0.05) is 12.1 Å². The number of carboxylic acids is 1. The van der Waals surface area contributed by atoms with Crippen LogP contribution in [-0.4, -0.2) is 39.1 Å². The maximum atomic E-state index is 12.9. The fraction of sp³-hybridized carbons (Fsp3) is 0.130. The Labute approximate surface area is 191 Å². The second-order valence-electron chi connectivity index (χ2n) is 6.94. The monoisotopic (exact) mass is 470 g/mol. The molecule has 0 heterocycles. The van der Waals surface area contributed by atoms with Gasteiger partial charge < -0.3 is 19.9 Å². The number of ether oxygens (including phenoxy) is 2. The summed E-state index contributed by atoms with van der Waals surface area (Å²) < 4.78 is 38.5. The molecule has 0 bridgehead atoms. The van der Waals surface area contributed by atoms with Crippen LogP contribution in [0, 0.1) is 6.92 Å². The molecular formula is C23H22N2O7S. The lowest BCUT2D eigenvalue weighted by molar-refractivity contribution is -0.139. The predicted octanol–water partition coefficient (Wildman–Crippen LogP) is 3.52. The number of aryl methyl sites for hydroxylation is 1. The summed E-state index contributed by atoms with van der Waals surface area (Å²) in [6, 6.07) is 17.0. The van der Waals surface area contributed by atoms with E-state index < -0.39 is 28.5 Å². The minimum absolute atomic E-state index is 0.0620. The van der Waals surface area contributed by atoms with Crippen LogP contribution in [0.4, 0.5) is 11.4 Å². The molecule has 0 saturated heterocycles. The Balaban J connectivity index is 1.81. The Morgan fingerprint density at radius 3 is 2.33 bits per heavy atom. The number of benzene rings is 3. The Hall–Kier alpha value is -4.05. The lowest BCUT2D eigenvalue weighted by Crippen LogP contribution is -2.19. The number of carbonyl (C=O) groups excluding carboxylic acids is 1. The number of amides is 1. The van der Waals surface area contributed by atoms with Gasteiger partial charge in [-0.25, -0.2) is 13.2 Å². The third-order valence-electron chi connectivity index (χ3n) is 4.57. The van der Waals surface area contributed by atoms with Gasteiger partial charge in [-0.3, -0.25) is 9.52 Å². The second-order valence-corrected chi connectivity index (χ2v) is 8.63. The van der Waals surface area contributed by atoms with Crippen molar-refractivity contribution < 1.29 is 32.6 Å². The summed E-state index contributed by atoms with van der Waals surface area (Å²) in [6.07, 6.45) is 0. The molecule has 0 aliphatic rings. The van der Waals surface area contributed by atoms with E-state index >= 15 is 0 Å². The third-order valence-corrected chi connectivity index (χ3v) is 5.93. The maximum Gasteiger partial charge on any atom is 0.341 e. The van der Waals surface area contributed by atoms with Crippen molar-refractivity contribution in [2.75, 3.05) is 23.8 Å². The molecule has 0 fully saturated rings. The fourth-order valence-electron chi connectivity index (χ4n) is 2.94. The molecule has 172 valence electrons. The number of sulfonamides is 1. The highest BCUT2D eigenvalue weighted by Gasteiger charge is 2.20. The maximum absolute atomic E-state index is 12.9. The summed E-state index contributed by atoms with van der Waals surface area (Å²) in [5, 5.41) is 11.5. The van der Waals surface area contributed by atoms with E-state index in [0.29, 0.717) is 17.0 Å². The van der Waals surface area contributed by atoms with Crippen LogP contribution in [-0.2, 0) is 14.8 Å². The number of para-hydroxylation sites is 1. The van der Waals surface area contributed by atoms with Crippen molar-refractivity contribution in [2.45, 2.75) is 11.8 Å². The topological polar surface area (TPSA) is 131 Å². The van der Waals surface area contributed by atoms with Gasteiger partial charge in [0.1, 0.15) is 11.5 Å². The van der Waals surface area contributed by atoms with E-state index in [2.05, 4.69) is 10.0 Å². The number of hydrogen-bond acceptors (Lipinski definition) is 6. The zero-order valence-electron chi connectivity index (χ0n) is 17.9. The molecule has 3 aromatic rings. The minimum atomic E-state index is -4.04. The second kappa shape index (κ2) is 10.0. The summed E-state index contributed by atoms with van der Waals surface area (Å²) in [4.78, 5) is 23.4. The number of carbonyl (C=O) groups is 2. The molecule has 0 saturated carbocycles. The standard InChI is InChI=1S/C23H22N2O7S/c1-15-13-18(11-12-21(15)32-14-22(26)27)33(29,30)25-20-6-4-3-5-19(20)23(28)24-16-7-9-17(31-2)10-8-16/h3-13,25H,14H2,1-2H3,(H,24,28)(H,26,27). The number of rotatable bonds is 9. The van der Waals surface area contributed by atoms with Gasteiger partial charge in [0.15, 0.2) is 6.61 Å². The molecular weight excluding hydrogens is 448 g/mol. The SMILES string of the molecule is COc1ccc(NC(=O)c2ccccc2NS(=O)(=O)c2ccc(OCC(=O)O)c(C)c2)cc1. The summed E-state index contributed by atoms with van der Waals surface area (Å²) in [6.45, 7) is 1.06. The zero-order valence-corrected chi connectivity index (χ0v) is 18.7. The quantitative estimate of drug-likeness (QED) is 0.436. The Morgan fingerprint density at radius 2 is 1.70 bits per heavy atom. The summed E-state index contributed by atoms with van der Waals surface area (Å²) in [7, 11) is -2.50. The third kappa shape index (κ3) is 6.01. The molecule has 0 unspecified atom stereocenters. The van der Waals surface area contributed by atoms with Crippen molar-refractivity contribution in [2.24, 2.45) is 0 Å². The van der Waals surface area contributed by atoms with Gasteiger partial charge in [-0.15, -0.1) is 0 Å². The molecule has 3 rings (SSSR count). The van der Waals surface area contributed by atoms with Crippen LogP contribution in [0.25, 0.3) is 0 Å². The molecule has 1 amide bonds. The van der Waals surface area contributed by atoms with Gasteiger partial charge in [0.05, 0.1) is 23.3 Å². The first-order chi connectivity index (χ1) is 15.7. The van der Waals surface area contributed by atoms with Gasteiger partial charge in [-0.2, -0.15) is 0 Å². The first kappa shape index (κ1) is 23.6. The molecule has 3 aromatic carbocycles. The minimum Gasteiger partial charge on any atom is -0.497 e. The van der Waals surface area contributed by atoms with Crippen LogP contribution in [0.5, 0.6) is 11.5 Å². The molecule has 0 aliphatic heterocycles. The molecule has 0 atom stereocenters. The molecule has 33 heavy (non-hydrogen) atoms. The van der Waals surface area contributed by atoms with E-state index in [1.165, 1.54) is 37.4 Å². The Kier molecular flexibility index (Phi) is 7.19. The van der Waals surface area contributed by atoms with Crippen molar-refractivity contribution in [3.63, 3.8) is 0 Å². The lowest BCUT2D eigenvalue weighted by Gasteiger charge is -2.14. The molecule has 0 radical (unpaired) electrons. The van der Waals surface area contributed by atoms with Gasteiger partial charge in [0, 0.05) is 5.69 Å². The first-order valence-corrected chi connectivity index (χ1v) is 11.2. The number of aliphatic carboxylic acids is 1. The summed E-state index contributed by atoms with van der Waals surface area (Å²) in [5.74, 6) is -0.740. The van der Waals surface area contributed by atoms with Gasteiger partial charge in [-0.05, 0) is 67.1 Å². The Morgan fingerprint density at radius 1 is 1.00 bits per heavy atom. The molecule has 3 N–H and O–H groups in total. The van der Waals surface area contributed by atoms with Crippen LogP contribution in [0.3, 0.4) is 0 Å². The highest BCUT2D eigenvalue weighted by atomic mass is 32.2. The number of anilines is 2. The zero-order chi connectivity index (χ0) is 24.0. The molecule has 9 nitrogen and oxygen atoms in total. The average Bonchev–Trinajstić information content (AvgIpc) is 2.78. The normalized spacial score (nSPS) is 10.8. The van der Waals surface area contributed by atoms with E-state index in [0.717, 1.165) is 0 Å². The number of nitrogens with one attached hydrogen (secondary N) is 2. The molecule has 0 spiro atoms. The van der Waals surface area contributed by atoms with Gasteiger partial charge in [0.2, 0.25) is 0 Å². The van der Waals surface area contributed by atoms with Gasteiger partial charge in [0.25, 0.3) is 15.9 Å². The van der Waals surface area contributed by atoms with E-state index in [-0.39, 0.29) is 21.9 Å². The number of carboxylic acid groups (broad SMARTS) is 1. The van der Waals surface area contributed by atoms with E-state index in [1.54, 1.807) is 43.3 Å². The fourth-order valence-corrected chi connectivity index (χ4v) is 4.10. The molecule has 0 aliphatic carbocycles. The largest absolute Gasteiger partial charge is 0.497 e. The van der Waals surface area contributed by atoms with E-state index in [4.69, 9.17) is 14.6 Å². The molecule has 10 heteroatoms. The number of methoxy groups -OCH3 is 1. The van der Waals surface area contributed by atoms with Gasteiger partial charge >= 0.3 is 5.97 Å². The Bertz CT molecular complexity index is 1270. The lowest BCUT2D eigenvalue weighted by atomic mass is 10.1. The van der Waals surface area contributed by atoms with Crippen LogP contribution < -0.4 is 19.5 Å². The van der Waals surface area contributed by atoms with Crippen LogP contribution in [0.1, 0.15) is 15.9 Å². The highest BCUT2D eigenvalue weighted by molar-refractivity contribution is 7.92. The predicted molar refractivity (Wildman–Crippen MR) is 123 cm³/mol. The highest BCUT2D eigenvalue weighted by Crippen LogP contribution is 2.25. The van der Waals surface area contributed by atoms with Crippen LogP contribution in [0.15, 0.2) is 71.6 Å². The smallest absolute Gasteiger partial charge is 0.341 e. The van der Waals surface area contributed by atoms with Crippen molar-refractivity contribution in [1.82, 2.24) is 0 Å².